The number of likely N-dealkylation sites (tertiary alicyclic amines) is 1. The maximum absolute atomic E-state index is 13.7. The van der Waals surface area contributed by atoms with Crippen molar-refractivity contribution >= 4 is 46.2 Å². The van der Waals surface area contributed by atoms with Crippen molar-refractivity contribution in [2.24, 2.45) is 0 Å². The fourth-order valence-corrected chi connectivity index (χ4v) is 4.59. The van der Waals surface area contributed by atoms with Gasteiger partial charge >= 0.3 is 0 Å². The fraction of sp³-hybridized carbons (Fsp3) is 0.346. The summed E-state index contributed by atoms with van der Waals surface area (Å²) in [5.41, 5.74) is 3.39. The van der Waals surface area contributed by atoms with E-state index in [0.29, 0.717) is 29.5 Å². The van der Waals surface area contributed by atoms with Crippen LogP contribution in [0.1, 0.15) is 17.5 Å². The zero-order valence-electron chi connectivity index (χ0n) is 20.0. The third-order valence-corrected chi connectivity index (χ3v) is 6.62. The maximum atomic E-state index is 13.7. The van der Waals surface area contributed by atoms with Crippen LogP contribution in [0.15, 0.2) is 42.5 Å². The molecular weight excluding hydrogens is 483 g/mol. The molecule has 0 spiro atoms. The number of thiocarbonyl (C=S) groups is 1. The van der Waals surface area contributed by atoms with Gasteiger partial charge in [-0.15, -0.1) is 6.42 Å². The van der Waals surface area contributed by atoms with Gasteiger partial charge in [0.05, 0.1) is 12.7 Å². The van der Waals surface area contributed by atoms with E-state index in [1.807, 2.05) is 36.1 Å². The van der Waals surface area contributed by atoms with Crippen molar-refractivity contribution in [2.45, 2.75) is 31.8 Å². The van der Waals surface area contributed by atoms with Crippen molar-refractivity contribution in [2.75, 3.05) is 42.3 Å². The zero-order valence-corrected chi connectivity index (χ0v) is 20.8. The second-order valence-electron chi connectivity index (χ2n) is 8.58. The summed E-state index contributed by atoms with van der Waals surface area (Å²) < 4.78 is 23.9. The summed E-state index contributed by atoms with van der Waals surface area (Å²) in [7, 11) is 1.61. The molecule has 0 aliphatic carbocycles. The van der Waals surface area contributed by atoms with Gasteiger partial charge in [0.2, 0.25) is 5.91 Å². The van der Waals surface area contributed by atoms with E-state index in [-0.39, 0.29) is 25.2 Å². The van der Waals surface area contributed by atoms with Crippen LogP contribution >= 0.6 is 12.2 Å². The molecule has 2 aromatic carbocycles. The molecule has 0 radical (unpaired) electrons. The number of amides is 2. The molecule has 0 saturated carbocycles. The normalized spacial score (nSPS) is 21.7. The number of ether oxygens (including phenoxy) is 2. The van der Waals surface area contributed by atoms with Gasteiger partial charge in [0.1, 0.15) is 6.04 Å². The largest absolute Gasteiger partial charge is 0.380 e. The highest BCUT2D eigenvalue weighted by atomic mass is 32.1. The van der Waals surface area contributed by atoms with Gasteiger partial charge in [-0.1, -0.05) is 5.92 Å². The van der Waals surface area contributed by atoms with E-state index in [9.17, 15) is 14.0 Å². The number of carbonyl (C=O) groups is 2. The van der Waals surface area contributed by atoms with Crippen molar-refractivity contribution in [1.29, 1.82) is 0 Å². The Morgan fingerprint density at radius 1 is 1.25 bits per heavy atom. The molecule has 8 nitrogen and oxygen atoms in total. The smallest absolute Gasteiger partial charge is 0.289 e. The van der Waals surface area contributed by atoms with E-state index in [4.69, 9.17) is 28.1 Å². The number of rotatable bonds is 5. The van der Waals surface area contributed by atoms with Gasteiger partial charge in [-0.3, -0.25) is 9.59 Å². The third kappa shape index (κ3) is 5.49. The summed E-state index contributed by atoms with van der Waals surface area (Å²) in [5, 5.41) is 6.53. The molecular formula is C26H27FN4O4S. The number of benzene rings is 2. The Morgan fingerprint density at radius 3 is 2.67 bits per heavy atom. The predicted molar refractivity (Wildman–Crippen MR) is 140 cm³/mol. The second-order valence-corrected chi connectivity index (χ2v) is 8.97. The molecule has 2 aromatic rings. The lowest BCUT2D eigenvalue weighted by Crippen LogP contribution is -2.46. The minimum Gasteiger partial charge on any atom is -0.380 e. The minimum absolute atomic E-state index is 0.116. The Hall–Kier alpha value is -3.52. The monoisotopic (exact) mass is 510 g/mol. The van der Waals surface area contributed by atoms with Crippen LogP contribution in [0.3, 0.4) is 0 Å². The van der Waals surface area contributed by atoms with E-state index in [1.54, 1.807) is 25.3 Å². The van der Waals surface area contributed by atoms with Gasteiger partial charge < -0.3 is 29.9 Å². The molecule has 10 heteroatoms. The Kier molecular flexibility index (Phi) is 7.84. The molecule has 2 amide bonds. The topological polar surface area (TPSA) is 83.1 Å². The number of terminal acetylenes is 1. The number of alkyl halides is 1. The first-order chi connectivity index (χ1) is 17.3. The first-order valence-electron chi connectivity index (χ1n) is 11.5. The van der Waals surface area contributed by atoms with Crippen molar-refractivity contribution in [3.05, 3.63) is 53.6 Å². The number of hydrogen-bond acceptors (Lipinski definition) is 5. The molecule has 4 rings (SSSR count). The summed E-state index contributed by atoms with van der Waals surface area (Å²) in [4.78, 5) is 28.6. The summed E-state index contributed by atoms with van der Waals surface area (Å²) in [6.07, 6.45) is 3.76. The average Bonchev–Trinajstić information content (AvgIpc) is 3.32. The van der Waals surface area contributed by atoms with Crippen LogP contribution < -0.4 is 15.5 Å². The summed E-state index contributed by atoms with van der Waals surface area (Å²) >= 11 is 5.62. The number of anilines is 3. The van der Waals surface area contributed by atoms with E-state index in [2.05, 4.69) is 16.6 Å². The van der Waals surface area contributed by atoms with E-state index >= 15 is 0 Å². The quantitative estimate of drug-likeness (QED) is 0.473. The molecule has 0 bridgehead atoms. The number of morpholine rings is 1. The number of aryl methyl sites for hydroxylation is 1. The molecule has 188 valence electrons. The van der Waals surface area contributed by atoms with Crippen molar-refractivity contribution < 1.29 is 23.5 Å². The summed E-state index contributed by atoms with van der Waals surface area (Å²) in [6, 6.07) is 11.8. The first-order valence-corrected chi connectivity index (χ1v) is 11.9. The number of halogens is 1. The van der Waals surface area contributed by atoms with Gasteiger partial charge in [0.15, 0.2) is 5.11 Å². The van der Waals surface area contributed by atoms with Gasteiger partial charge in [-0.2, -0.15) is 0 Å². The van der Waals surface area contributed by atoms with Crippen molar-refractivity contribution in [1.82, 2.24) is 4.90 Å². The molecule has 2 heterocycles. The van der Waals surface area contributed by atoms with E-state index < -0.39 is 18.3 Å². The Morgan fingerprint density at radius 2 is 2.00 bits per heavy atom. The first kappa shape index (κ1) is 25.6. The zero-order chi connectivity index (χ0) is 25.8. The molecule has 0 aromatic heterocycles. The minimum atomic E-state index is -1.96. The van der Waals surface area contributed by atoms with Gasteiger partial charge in [0.25, 0.3) is 12.3 Å². The lowest BCUT2D eigenvalue weighted by Gasteiger charge is -2.29. The highest BCUT2D eigenvalue weighted by Crippen LogP contribution is 2.27. The molecule has 1 unspecified atom stereocenters. The molecule has 2 N–H and O–H groups in total. The van der Waals surface area contributed by atoms with Crippen LogP contribution in [0.25, 0.3) is 0 Å². The van der Waals surface area contributed by atoms with Crippen LogP contribution in [0.5, 0.6) is 0 Å². The number of hydrogen-bond donors (Lipinski definition) is 2. The van der Waals surface area contributed by atoms with Crippen LogP contribution in [0.4, 0.5) is 21.5 Å². The molecule has 2 saturated heterocycles. The average molecular weight is 511 g/mol. The van der Waals surface area contributed by atoms with Crippen LogP contribution in [-0.2, 0) is 19.1 Å². The highest BCUT2D eigenvalue weighted by molar-refractivity contribution is 7.80. The maximum Gasteiger partial charge on any atom is 0.289 e. The Balaban J connectivity index is 1.46. The Bertz CT molecular complexity index is 1200. The Labute approximate surface area is 214 Å². The SMILES string of the molecule is C#Cc1ccc(NC(=S)N2C[C@H](OC)C[C@@H]2C(=O)Nc2ccc(N3CCOC(F)C3=O)cc2C)cc1. The van der Waals surface area contributed by atoms with Crippen molar-refractivity contribution in [3.63, 3.8) is 0 Å². The summed E-state index contributed by atoms with van der Waals surface area (Å²) in [5.74, 6) is 1.60. The summed E-state index contributed by atoms with van der Waals surface area (Å²) in [6.45, 7) is 2.65. The number of carbonyl (C=O) groups excluding carboxylic acids is 2. The second kappa shape index (κ2) is 11.0. The van der Waals surface area contributed by atoms with Crippen LogP contribution in [-0.4, -0.2) is 67.1 Å². The van der Waals surface area contributed by atoms with E-state index in [0.717, 1.165) is 16.8 Å². The lowest BCUT2D eigenvalue weighted by molar-refractivity contribution is -0.146. The molecule has 3 atom stereocenters. The van der Waals surface area contributed by atoms with Gasteiger partial charge in [-0.25, -0.2) is 4.39 Å². The van der Waals surface area contributed by atoms with Crippen LogP contribution in [0, 0.1) is 19.3 Å². The fourth-order valence-electron chi connectivity index (χ4n) is 4.27. The molecule has 2 aliphatic heterocycles. The number of nitrogens with zero attached hydrogens (tertiary/aromatic N) is 2. The predicted octanol–water partition coefficient (Wildman–Crippen LogP) is 3.06. The standard InChI is InChI=1S/C26H27FN4O4S/c1-4-17-5-7-18(8-6-17)28-26(36)31-15-20(34-3)14-22(31)24(32)29-21-10-9-19(13-16(21)2)30-11-12-35-23(27)25(30)33/h1,5-10,13,20,22-23H,11-12,14-15H2,2-3H3,(H,28,36)(H,29,32)/t20-,22-,23?/m1/s1. The van der Waals surface area contributed by atoms with Gasteiger partial charge in [-0.05, 0) is 67.2 Å². The number of methoxy groups -OCH3 is 1. The van der Waals surface area contributed by atoms with Crippen LogP contribution in [0.2, 0.25) is 0 Å². The number of nitrogens with one attached hydrogen (secondary N) is 2. The van der Waals surface area contributed by atoms with Crippen molar-refractivity contribution in [3.8, 4) is 12.3 Å². The molecule has 2 fully saturated rings. The lowest BCUT2D eigenvalue weighted by atomic mass is 10.1. The molecule has 2 aliphatic rings. The highest BCUT2D eigenvalue weighted by Gasteiger charge is 2.38. The molecule has 36 heavy (non-hydrogen) atoms. The van der Waals surface area contributed by atoms with Gasteiger partial charge in [0, 0.05) is 49.2 Å². The van der Waals surface area contributed by atoms with E-state index in [1.165, 1.54) is 4.90 Å². The third-order valence-electron chi connectivity index (χ3n) is 6.28.